The first kappa shape index (κ1) is 9.46. The highest BCUT2D eigenvalue weighted by Crippen LogP contribution is 2.33. The maximum absolute atomic E-state index is 10.9. The molecule has 0 aromatic carbocycles. The Kier molecular flexibility index (Phi) is 2.42. The fourth-order valence-electron chi connectivity index (χ4n) is 2.19. The summed E-state index contributed by atoms with van der Waals surface area (Å²) >= 11 is 0. The molecule has 0 atom stereocenters. The van der Waals surface area contributed by atoms with Gasteiger partial charge in [-0.3, -0.25) is 4.79 Å². The molecule has 1 heterocycles. The minimum absolute atomic E-state index is 0.0619. The largest absolute Gasteiger partial charge is 0.329 e. The lowest BCUT2D eigenvalue weighted by Gasteiger charge is -2.33. The number of pyridine rings is 1. The summed E-state index contributed by atoms with van der Waals surface area (Å²) in [6.07, 6.45) is 7.47. The van der Waals surface area contributed by atoms with Crippen molar-refractivity contribution in [2.75, 3.05) is 0 Å². The molecule has 1 aliphatic rings. The van der Waals surface area contributed by atoms with Crippen LogP contribution in [0.15, 0.2) is 23.1 Å². The van der Waals surface area contributed by atoms with Crippen LogP contribution in [0.1, 0.15) is 37.7 Å². The van der Waals surface area contributed by atoms with Gasteiger partial charge in [0.05, 0.1) is 0 Å². The highest BCUT2D eigenvalue weighted by Gasteiger charge is 2.29. The highest BCUT2D eigenvalue weighted by molar-refractivity contribution is 5.20. The molecule has 2 rings (SSSR count). The van der Waals surface area contributed by atoms with Crippen LogP contribution in [0.2, 0.25) is 0 Å². The maximum Gasteiger partial charge on any atom is 0.247 e. The van der Waals surface area contributed by atoms with Crippen LogP contribution in [0, 0.1) is 0 Å². The van der Waals surface area contributed by atoms with Crippen LogP contribution >= 0.6 is 0 Å². The molecule has 1 aromatic rings. The molecule has 14 heavy (non-hydrogen) atoms. The molecule has 1 aromatic heterocycles. The monoisotopic (exact) mass is 192 g/mol. The molecule has 3 nitrogen and oxygen atoms in total. The van der Waals surface area contributed by atoms with E-state index in [1.807, 2.05) is 6.07 Å². The van der Waals surface area contributed by atoms with Gasteiger partial charge in [-0.15, -0.1) is 0 Å². The minimum atomic E-state index is -0.206. The summed E-state index contributed by atoms with van der Waals surface area (Å²) in [6, 6.07) is 3.41. The lowest BCUT2D eigenvalue weighted by atomic mass is 9.78. The molecular formula is C11H16N2O. The van der Waals surface area contributed by atoms with Crippen LogP contribution in [0.25, 0.3) is 0 Å². The summed E-state index contributed by atoms with van der Waals surface area (Å²) in [5.74, 6) is 0. The summed E-state index contributed by atoms with van der Waals surface area (Å²) in [5.41, 5.74) is 7.11. The van der Waals surface area contributed by atoms with Gasteiger partial charge in [0.15, 0.2) is 0 Å². The Morgan fingerprint density at radius 1 is 1.21 bits per heavy atom. The second-order valence-corrected chi connectivity index (χ2v) is 4.16. The topological polar surface area (TPSA) is 58.9 Å². The van der Waals surface area contributed by atoms with Crippen LogP contribution in [-0.4, -0.2) is 4.98 Å². The number of H-pyrrole nitrogens is 1. The van der Waals surface area contributed by atoms with Crippen molar-refractivity contribution < 1.29 is 0 Å². The normalized spacial score (nSPS) is 20.6. The van der Waals surface area contributed by atoms with Gasteiger partial charge in [0, 0.05) is 17.8 Å². The predicted octanol–water partition coefficient (Wildman–Crippen LogP) is 1.49. The number of hydrogen-bond acceptors (Lipinski definition) is 2. The van der Waals surface area contributed by atoms with Crippen LogP contribution in [0.3, 0.4) is 0 Å². The zero-order valence-corrected chi connectivity index (χ0v) is 8.25. The quantitative estimate of drug-likeness (QED) is 0.708. The first-order valence-corrected chi connectivity index (χ1v) is 5.19. The molecular weight excluding hydrogens is 176 g/mol. The van der Waals surface area contributed by atoms with Gasteiger partial charge in [-0.2, -0.15) is 0 Å². The first-order valence-electron chi connectivity index (χ1n) is 5.19. The standard InChI is InChI=1S/C11H16N2O/c12-11(6-2-1-3-7-11)9-4-5-10(14)13-8-9/h4-5,8H,1-3,6-7,12H2,(H,13,14). The van der Waals surface area contributed by atoms with E-state index in [1.165, 1.54) is 19.3 Å². The van der Waals surface area contributed by atoms with Gasteiger partial charge < -0.3 is 10.7 Å². The van der Waals surface area contributed by atoms with Gasteiger partial charge in [-0.25, -0.2) is 0 Å². The van der Waals surface area contributed by atoms with Crippen LogP contribution < -0.4 is 11.3 Å². The third kappa shape index (κ3) is 1.73. The molecule has 0 radical (unpaired) electrons. The van der Waals surface area contributed by atoms with Gasteiger partial charge in [-0.05, 0) is 18.4 Å². The molecule has 76 valence electrons. The van der Waals surface area contributed by atoms with E-state index in [0.717, 1.165) is 18.4 Å². The number of aromatic amines is 1. The van der Waals surface area contributed by atoms with E-state index >= 15 is 0 Å². The smallest absolute Gasteiger partial charge is 0.247 e. The molecule has 0 bridgehead atoms. The molecule has 0 saturated heterocycles. The van der Waals surface area contributed by atoms with E-state index in [0.29, 0.717) is 0 Å². The molecule has 3 heteroatoms. The van der Waals surface area contributed by atoms with E-state index < -0.39 is 0 Å². The summed E-state index contributed by atoms with van der Waals surface area (Å²) in [7, 11) is 0. The van der Waals surface area contributed by atoms with Gasteiger partial charge in [0.1, 0.15) is 0 Å². The van der Waals surface area contributed by atoms with Crippen molar-refractivity contribution in [2.45, 2.75) is 37.6 Å². The maximum atomic E-state index is 10.9. The zero-order chi connectivity index (χ0) is 10.0. The number of nitrogens with one attached hydrogen (secondary N) is 1. The number of aromatic nitrogens is 1. The molecule has 0 unspecified atom stereocenters. The Morgan fingerprint density at radius 2 is 1.93 bits per heavy atom. The van der Waals surface area contributed by atoms with Crippen molar-refractivity contribution in [1.29, 1.82) is 0 Å². The predicted molar refractivity (Wildman–Crippen MR) is 56.0 cm³/mol. The van der Waals surface area contributed by atoms with E-state index in [9.17, 15) is 4.79 Å². The van der Waals surface area contributed by atoms with Crippen molar-refractivity contribution in [2.24, 2.45) is 5.73 Å². The van der Waals surface area contributed by atoms with E-state index in [1.54, 1.807) is 12.3 Å². The lowest BCUT2D eigenvalue weighted by Crippen LogP contribution is -2.38. The van der Waals surface area contributed by atoms with Crippen molar-refractivity contribution >= 4 is 0 Å². The molecule has 1 aliphatic carbocycles. The fraction of sp³-hybridized carbons (Fsp3) is 0.545. The Morgan fingerprint density at radius 3 is 2.50 bits per heavy atom. The van der Waals surface area contributed by atoms with Gasteiger partial charge in [0.2, 0.25) is 5.56 Å². The number of rotatable bonds is 1. The van der Waals surface area contributed by atoms with E-state index in [2.05, 4.69) is 4.98 Å². The molecule has 0 spiro atoms. The van der Waals surface area contributed by atoms with Gasteiger partial charge >= 0.3 is 0 Å². The van der Waals surface area contributed by atoms with Crippen molar-refractivity contribution in [3.8, 4) is 0 Å². The van der Waals surface area contributed by atoms with Gasteiger partial charge in [0.25, 0.3) is 0 Å². The van der Waals surface area contributed by atoms with Crippen molar-refractivity contribution in [3.63, 3.8) is 0 Å². The van der Waals surface area contributed by atoms with Crippen molar-refractivity contribution in [1.82, 2.24) is 4.98 Å². The molecule has 1 saturated carbocycles. The summed E-state index contributed by atoms with van der Waals surface area (Å²) in [5, 5.41) is 0. The zero-order valence-electron chi connectivity index (χ0n) is 8.25. The first-order chi connectivity index (χ1) is 6.71. The Labute approximate surface area is 83.3 Å². The highest BCUT2D eigenvalue weighted by atomic mass is 16.1. The van der Waals surface area contributed by atoms with Crippen molar-refractivity contribution in [3.05, 3.63) is 34.2 Å². The second-order valence-electron chi connectivity index (χ2n) is 4.16. The van der Waals surface area contributed by atoms with Gasteiger partial charge in [-0.1, -0.05) is 25.3 Å². The summed E-state index contributed by atoms with van der Waals surface area (Å²) in [4.78, 5) is 13.6. The van der Waals surface area contributed by atoms with Crippen LogP contribution in [-0.2, 0) is 5.54 Å². The average Bonchev–Trinajstić information content (AvgIpc) is 2.19. The number of nitrogens with two attached hydrogens (primary N) is 1. The Hall–Kier alpha value is -1.09. The molecule has 0 amide bonds. The third-order valence-electron chi connectivity index (χ3n) is 3.10. The summed E-state index contributed by atoms with van der Waals surface area (Å²) in [6.45, 7) is 0. The molecule has 0 aliphatic heterocycles. The Balaban J connectivity index is 2.28. The van der Waals surface area contributed by atoms with E-state index in [4.69, 9.17) is 5.73 Å². The molecule has 3 N–H and O–H groups in total. The number of hydrogen-bond donors (Lipinski definition) is 2. The average molecular weight is 192 g/mol. The lowest BCUT2D eigenvalue weighted by molar-refractivity contribution is 0.301. The summed E-state index contributed by atoms with van der Waals surface area (Å²) < 4.78 is 0. The second kappa shape index (κ2) is 3.58. The van der Waals surface area contributed by atoms with E-state index in [-0.39, 0.29) is 11.1 Å². The SMILES string of the molecule is NC1(c2ccc(=O)[nH]c2)CCCCC1. The minimum Gasteiger partial charge on any atom is -0.329 e. The van der Waals surface area contributed by atoms with Crippen LogP contribution in [0.4, 0.5) is 0 Å². The van der Waals surface area contributed by atoms with Crippen LogP contribution in [0.5, 0.6) is 0 Å². The Bertz CT molecular complexity index is 343. The fourth-order valence-corrected chi connectivity index (χ4v) is 2.19. The third-order valence-corrected chi connectivity index (χ3v) is 3.10. The molecule has 1 fully saturated rings.